The Hall–Kier alpha value is -5.48. The van der Waals surface area contributed by atoms with Crippen molar-refractivity contribution in [2.75, 3.05) is 16.8 Å². The Morgan fingerprint density at radius 1 is 0.415 bits per heavy atom. The molecule has 0 aliphatic carbocycles. The van der Waals surface area contributed by atoms with Gasteiger partial charge in [0.2, 0.25) is 0 Å². The van der Waals surface area contributed by atoms with E-state index in [1.54, 1.807) is 12.1 Å². The molecule has 198 valence electrons. The molecule has 0 atom stereocenters. The van der Waals surface area contributed by atoms with Crippen molar-refractivity contribution in [2.24, 2.45) is 5.18 Å². The van der Waals surface area contributed by atoms with Crippen molar-refractivity contribution in [2.45, 2.75) is 0 Å². The predicted octanol–water partition coefficient (Wildman–Crippen LogP) is 10.7. The van der Waals surface area contributed by atoms with Gasteiger partial charge in [-0.2, -0.15) is 0 Å². The molecular weight excluding hydrogens is 502 g/mol. The Labute approximate surface area is 240 Å². The van der Waals surface area contributed by atoms with E-state index in [9.17, 15) is 4.91 Å². The van der Waals surface area contributed by atoms with Gasteiger partial charge in [0, 0.05) is 35.5 Å². The fraction of sp³-hybridized carbons (Fsp3) is 0.0270. The molecule has 0 saturated heterocycles. The molecule has 6 aromatic carbocycles. The minimum absolute atomic E-state index is 0.411. The van der Waals surface area contributed by atoms with Crippen molar-refractivity contribution in [1.82, 2.24) is 0 Å². The standard InChI is InChI=1S/C37H29N3O/c1-39(35-18-10-17-32(27-35)38-41)33-21-23-34(24-22-33)40(36-19-8-15-30(25-36)28-11-4-2-5-12-28)37-20-9-16-31(26-37)29-13-6-3-7-14-29/h2-27H,1H3. The molecule has 0 radical (unpaired) electrons. The quantitative estimate of drug-likeness (QED) is 0.183. The summed E-state index contributed by atoms with van der Waals surface area (Å²) < 4.78 is 0. The highest BCUT2D eigenvalue weighted by molar-refractivity contribution is 5.83. The van der Waals surface area contributed by atoms with Crippen LogP contribution in [-0.4, -0.2) is 7.05 Å². The number of nitrogens with zero attached hydrogens (tertiary/aromatic N) is 3. The van der Waals surface area contributed by atoms with Crippen molar-refractivity contribution in [3.63, 3.8) is 0 Å². The minimum Gasteiger partial charge on any atom is -0.345 e. The van der Waals surface area contributed by atoms with Crippen LogP contribution in [0.3, 0.4) is 0 Å². The van der Waals surface area contributed by atoms with Gasteiger partial charge in [-0.1, -0.05) is 91.0 Å². The van der Waals surface area contributed by atoms with Crippen molar-refractivity contribution in [3.8, 4) is 22.3 Å². The van der Waals surface area contributed by atoms with Gasteiger partial charge < -0.3 is 9.80 Å². The van der Waals surface area contributed by atoms with E-state index in [1.165, 1.54) is 11.1 Å². The van der Waals surface area contributed by atoms with E-state index in [0.717, 1.165) is 39.6 Å². The number of nitroso groups, excluding NO2 is 1. The van der Waals surface area contributed by atoms with Crippen molar-refractivity contribution >= 4 is 34.1 Å². The molecule has 0 bridgehead atoms. The Balaban J connectivity index is 1.42. The van der Waals surface area contributed by atoms with Gasteiger partial charge in [0.25, 0.3) is 0 Å². The molecule has 0 N–H and O–H groups in total. The number of anilines is 5. The average molecular weight is 532 g/mol. The lowest BCUT2D eigenvalue weighted by Gasteiger charge is -2.27. The molecule has 0 unspecified atom stereocenters. The van der Waals surface area contributed by atoms with Crippen LogP contribution >= 0.6 is 0 Å². The highest BCUT2D eigenvalue weighted by Crippen LogP contribution is 2.39. The first-order valence-corrected chi connectivity index (χ1v) is 13.6. The van der Waals surface area contributed by atoms with Crippen LogP contribution in [0.1, 0.15) is 0 Å². The highest BCUT2D eigenvalue weighted by atomic mass is 16.3. The molecule has 41 heavy (non-hydrogen) atoms. The first kappa shape index (κ1) is 25.8. The van der Waals surface area contributed by atoms with E-state index in [1.807, 2.05) is 31.3 Å². The largest absolute Gasteiger partial charge is 0.345 e. The maximum absolute atomic E-state index is 11.1. The van der Waals surface area contributed by atoms with Crippen LogP contribution in [-0.2, 0) is 0 Å². The lowest BCUT2D eigenvalue weighted by Crippen LogP contribution is -2.12. The molecule has 0 saturated carbocycles. The average Bonchev–Trinajstić information content (AvgIpc) is 3.06. The summed E-state index contributed by atoms with van der Waals surface area (Å²) in [6.07, 6.45) is 0. The summed E-state index contributed by atoms with van der Waals surface area (Å²) in [5, 5.41) is 3.09. The molecule has 0 aliphatic heterocycles. The molecule has 0 aliphatic rings. The molecule has 4 heteroatoms. The fourth-order valence-corrected chi connectivity index (χ4v) is 5.09. The molecule has 0 amide bonds. The molecular formula is C37H29N3O. The normalized spacial score (nSPS) is 10.7. The molecule has 0 aromatic heterocycles. The van der Waals surface area contributed by atoms with Crippen LogP contribution in [0.4, 0.5) is 34.1 Å². The Morgan fingerprint density at radius 3 is 1.41 bits per heavy atom. The second-order valence-electron chi connectivity index (χ2n) is 9.85. The number of rotatable bonds is 8. The summed E-state index contributed by atoms with van der Waals surface area (Å²) in [4.78, 5) is 15.4. The van der Waals surface area contributed by atoms with E-state index < -0.39 is 0 Å². The predicted molar refractivity (Wildman–Crippen MR) is 172 cm³/mol. The first-order chi connectivity index (χ1) is 20.2. The zero-order chi connectivity index (χ0) is 28.0. The zero-order valence-corrected chi connectivity index (χ0v) is 22.8. The van der Waals surface area contributed by atoms with Gasteiger partial charge in [-0.05, 0) is 94.2 Å². The third kappa shape index (κ3) is 5.63. The van der Waals surface area contributed by atoms with Crippen LogP contribution < -0.4 is 9.80 Å². The second kappa shape index (κ2) is 11.7. The molecule has 6 aromatic rings. The number of benzene rings is 6. The smallest absolute Gasteiger partial charge is 0.110 e. The third-order valence-electron chi connectivity index (χ3n) is 7.24. The van der Waals surface area contributed by atoms with Crippen LogP contribution in [0.5, 0.6) is 0 Å². The molecule has 6 rings (SSSR count). The van der Waals surface area contributed by atoms with E-state index in [2.05, 4.69) is 136 Å². The van der Waals surface area contributed by atoms with Crippen LogP contribution in [0, 0.1) is 4.91 Å². The summed E-state index contributed by atoms with van der Waals surface area (Å²) in [6, 6.07) is 54.0. The molecule has 0 fully saturated rings. The first-order valence-electron chi connectivity index (χ1n) is 13.6. The van der Waals surface area contributed by atoms with Gasteiger partial charge in [-0.15, -0.1) is 4.91 Å². The minimum atomic E-state index is 0.411. The van der Waals surface area contributed by atoms with Gasteiger partial charge in [0.1, 0.15) is 5.69 Å². The van der Waals surface area contributed by atoms with Crippen molar-refractivity contribution < 1.29 is 0 Å². The molecule has 4 nitrogen and oxygen atoms in total. The molecule has 0 spiro atoms. The fourth-order valence-electron chi connectivity index (χ4n) is 5.09. The van der Waals surface area contributed by atoms with Gasteiger partial charge >= 0.3 is 0 Å². The van der Waals surface area contributed by atoms with Gasteiger partial charge in [-0.25, -0.2) is 0 Å². The third-order valence-corrected chi connectivity index (χ3v) is 7.24. The van der Waals surface area contributed by atoms with Gasteiger partial charge in [0.15, 0.2) is 0 Å². The lowest BCUT2D eigenvalue weighted by atomic mass is 10.0. The number of hydrogen-bond donors (Lipinski definition) is 0. The highest BCUT2D eigenvalue weighted by Gasteiger charge is 2.15. The van der Waals surface area contributed by atoms with Crippen molar-refractivity contribution in [1.29, 1.82) is 0 Å². The summed E-state index contributed by atoms with van der Waals surface area (Å²) >= 11 is 0. The maximum Gasteiger partial charge on any atom is 0.110 e. The van der Waals surface area contributed by atoms with Crippen LogP contribution in [0.15, 0.2) is 163 Å². The Morgan fingerprint density at radius 2 is 0.878 bits per heavy atom. The van der Waals surface area contributed by atoms with E-state index in [-0.39, 0.29) is 0 Å². The summed E-state index contributed by atoms with van der Waals surface area (Å²) in [6.45, 7) is 0. The summed E-state index contributed by atoms with van der Waals surface area (Å²) in [5.41, 5.74) is 10.2. The van der Waals surface area contributed by atoms with Crippen molar-refractivity contribution in [3.05, 3.63) is 163 Å². The zero-order valence-electron chi connectivity index (χ0n) is 22.8. The topological polar surface area (TPSA) is 35.9 Å². The second-order valence-corrected chi connectivity index (χ2v) is 9.85. The van der Waals surface area contributed by atoms with E-state index >= 15 is 0 Å². The maximum atomic E-state index is 11.1. The molecule has 0 heterocycles. The van der Waals surface area contributed by atoms with Crippen LogP contribution in [0.25, 0.3) is 22.3 Å². The summed E-state index contributed by atoms with van der Waals surface area (Å²) in [7, 11) is 1.99. The Kier molecular flexibility index (Phi) is 7.37. The van der Waals surface area contributed by atoms with Gasteiger partial charge in [-0.3, -0.25) is 0 Å². The monoisotopic (exact) mass is 531 g/mol. The van der Waals surface area contributed by atoms with Crippen LogP contribution in [0.2, 0.25) is 0 Å². The lowest BCUT2D eigenvalue weighted by molar-refractivity contribution is 1.20. The Bertz CT molecular complexity index is 1680. The van der Waals surface area contributed by atoms with E-state index in [0.29, 0.717) is 5.69 Å². The SMILES string of the molecule is CN(c1ccc(N(c2cccc(-c3ccccc3)c2)c2cccc(-c3ccccc3)c2)cc1)c1cccc(N=O)c1. The van der Waals surface area contributed by atoms with E-state index in [4.69, 9.17) is 0 Å². The van der Waals surface area contributed by atoms with Gasteiger partial charge in [0.05, 0.1) is 0 Å². The number of hydrogen-bond acceptors (Lipinski definition) is 4. The summed E-state index contributed by atoms with van der Waals surface area (Å²) in [5.74, 6) is 0.